The van der Waals surface area contributed by atoms with Gasteiger partial charge in [-0.05, 0) is 41.5 Å². The van der Waals surface area contributed by atoms with Gasteiger partial charge in [-0.2, -0.15) is 14.6 Å². The predicted molar refractivity (Wildman–Crippen MR) is 123 cm³/mol. The molecule has 0 radical (unpaired) electrons. The van der Waals surface area contributed by atoms with Crippen molar-refractivity contribution in [3.8, 4) is 17.5 Å². The van der Waals surface area contributed by atoms with E-state index >= 15 is 0 Å². The Labute approximate surface area is 192 Å². The molecule has 0 aliphatic carbocycles. The van der Waals surface area contributed by atoms with Crippen LogP contribution >= 0.6 is 0 Å². The molecule has 0 bridgehead atoms. The lowest BCUT2D eigenvalue weighted by Gasteiger charge is -2.17. The van der Waals surface area contributed by atoms with Crippen LogP contribution in [0.1, 0.15) is 16.8 Å². The lowest BCUT2D eigenvalue weighted by Crippen LogP contribution is -2.26. The molecule has 0 spiro atoms. The molecule has 2 aromatic carbocycles. The first-order chi connectivity index (χ1) is 16.0. The van der Waals surface area contributed by atoms with Gasteiger partial charge in [0.2, 0.25) is 27.5 Å². The maximum atomic E-state index is 12.9. The highest BCUT2D eigenvalue weighted by Crippen LogP contribution is 2.27. The summed E-state index contributed by atoms with van der Waals surface area (Å²) < 4.78 is 32.9. The number of oxazole rings is 1. The molecule has 0 saturated carbocycles. The summed E-state index contributed by atoms with van der Waals surface area (Å²) in [5, 5.41) is 12.4. The number of nitriles is 1. The lowest BCUT2D eigenvalue weighted by atomic mass is 10.2. The van der Waals surface area contributed by atoms with Crippen molar-refractivity contribution in [2.75, 3.05) is 12.4 Å². The average molecular weight is 460 g/mol. The van der Waals surface area contributed by atoms with Gasteiger partial charge in [0.25, 0.3) is 0 Å². The third kappa shape index (κ3) is 5.09. The molecule has 0 fully saturated rings. The Balaban J connectivity index is 1.50. The van der Waals surface area contributed by atoms with Gasteiger partial charge in [0.1, 0.15) is 6.07 Å². The summed E-state index contributed by atoms with van der Waals surface area (Å²) >= 11 is 0. The highest BCUT2D eigenvalue weighted by Gasteiger charge is 2.22. The summed E-state index contributed by atoms with van der Waals surface area (Å²) in [4.78, 5) is 8.44. The molecule has 0 atom stereocenters. The van der Waals surface area contributed by atoms with Crippen LogP contribution in [0, 0.1) is 11.3 Å². The fraction of sp³-hybridized carbons (Fsp3) is 0.125. The van der Waals surface area contributed by atoms with Gasteiger partial charge in [-0.1, -0.05) is 36.4 Å². The van der Waals surface area contributed by atoms with Gasteiger partial charge in [0.05, 0.1) is 4.90 Å². The van der Waals surface area contributed by atoms with E-state index in [2.05, 4.69) is 15.3 Å². The topological polar surface area (TPSA) is 112 Å². The van der Waals surface area contributed by atoms with Crippen molar-refractivity contribution >= 4 is 15.9 Å². The van der Waals surface area contributed by atoms with Crippen molar-refractivity contribution in [3.05, 3.63) is 95.9 Å². The van der Waals surface area contributed by atoms with E-state index in [0.29, 0.717) is 12.1 Å². The maximum absolute atomic E-state index is 12.9. The van der Waals surface area contributed by atoms with Crippen LogP contribution in [-0.2, 0) is 23.1 Å². The number of sulfonamides is 1. The van der Waals surface area contributed by atoms with Gasteiger partial charge in [0.15, 0.2) is 0 Å². The third-order valence-electron chi connectivity index (χ3n) is 4.97. The normalized spacial score (nSPS) is 11.3. The van der Waals surface area contributed by atoms with Gasteiger partial charge in [-0.15, -0.1) is 0 Å². The highest BCUT2D eigenvalue weighted by atomic mass is 32.2. The molecule has 0 aliphatic rings. The number of benzene rings is 2. The van der Waals surface area contributed by atoms with Crippen molar-refractivity contribution in [1.82, 2.24) is 14.3 Å². The fourth-order valence-electron chi connectivity index (χ4n) is 3.20. The monoisotopic (exact) mass is 459 g/mol. The van der Waals surface area contributed by atoms with Crippen LogP contribution in [-0.4, -0.2) is 29.7 Å². The third-order valence-corrected chi connectivity index (χ3v) is 6.78. The van der Waals surface area contributed by atoms with Gasteiger partial charge in [-0.3, -0.25) is 4.98 Å². The van der Waals surface area contributed by atoms with Crippen molar-refractivity contribution < 1.29 is 12.8 Å². The fourth-order valence-corrected chi connectivity index (χ4v) is 4.36. The Morgan fingerprint density at radius 2 is 1.76 bits per heavy atom. The van der Waals surface area contributed by atoms with Crippen LogP contribution < -0.4 is 5.32 Å². The van der Waals surface area contributed by atoms with E-state index in [1.54, 1.807) is 31.6 Å². The van der Waals surface area contributed by atoms with E-state index in [1.807, 2.05) is 48.5 Å². The molecule has 33 heavy (non-hydrogen) atoms. The van der Waals surface area contributed by atoms with Crippen molar-refractivity contribution in [3.63, 3.8) is 0 Å². The molecule has 0 aliphatic heterocycles. The number of hydrogen-bond donors (Lipinski definition) is 1. The molecule has 0 amide bonds. The summed E-state index contributed by atoms with van der Waals surface area (Å²) in [6.45, 7) is 0.685. The Kier molecular flexibility index (Phi) is 6.49. The second-order valence-electron chi connectivity index (χ2n) is 7.29. The molecular weight excluding hydrogens is 438 g/mol. The molecule has 2 heterocycles. The van der Waals surface area contributed by atoms with Crippen LogP contribution in [0.25, 0.3) is 11.5 Å². The maximum Gasteiger partial charge on any atom is 0.243 e. The van der Waals surface area contributed by atoms with Gasteiger partial charge in [-0.25, -0.2) is 8.42 Å². The van der Waals surface area contributed by atoms with E-state index in [0.717, 1.165) is 11.1 Å². The zero-order valence-electron chi connectivity index (χ0n) is 17.8. The molecular formula is C24H21N5O3S. The number of pyridine rings is 1. The van der Waals surface area contributed by atoms with Crippen LogP contribution in [0.2, 0.25) is 0 Å². The second-order valence-corrected chi connectivity index (χ2v) is 9.34. The number of nitrogens with zero attached hydrogens (tertiary/aromatic N) is 4. The van der Waals surface area contributed by atoms with Crippen molar-refractivity contribution in [2.45, 2.75) is 18.0 Å². The molecule has 8 nitrogen and oxygen atoms in total. The van der Waals surface area contributed by atoms with E-state index in [1.165, 1.54) is 16.4 Å². The minimum absolute atomic E-state index is 0.119. The highest BCUT2D eigenvalue weighted by molar-refractivity contribution is 7.89. The zero-order chi connectivity index (χ0) is 23.3. The molecule has 2 aromatic heterocycles. The molecule has 166 valence electrons. The minimum atomic E-state index is -3.67. The molecule has 0 unspecified atom stereocenters. The van der Waals surface area contributed by atoms with Crippen LogP contribution in [0.5, 0.6) is 0 Å². The van der Waals surface area contributed by atoms with E-state index in [4.69, 9.17) is 4.42 Å². The first-order valence-corrected chi connectivity index (χ1v) is 11.6. The molecule has 9 heteroatoms. The second kappa shape index (κ2) is 9.65. The lowest BCUT2D eigenvalue weighted by molar-refractivity contribution is 0.466. The van der Waals surface area contributed by atoms with Gasteiger partial charge in [0, 0.05) is 38.1 Å². The standard InChI is InChI=1S/C24H21N5O3S/c1-29(17-18-6-3-2-4-7-18)33(30,31)21-11-9-20(10-12-21)23-28-22(14-25)24(32-23)27-16-19-8-5-13-26-15-19/h2-13,15,27H,16-17H2,1H3. The Bertz CT molecular complexity index is 1360. The Morgan fingerprint density at radius 1 is 1.03 bits per heavy atom. The predicted octanol–water partition coefficient (Wildman–Crippen LogP) is 4.04. The number of nitrogens with one attached hydrogen (secondary N) is 1. The van der Waals surface area contributed by atoms with E-state index < -0.39 is 10.0 Å². The van der Waals surface area contributed by atoms with Crippen LogP contribution in [0.15, 0.2) is 88.4 Å². The van der Waals surface area contributed by atoms with Gasteiger partial charge < -0.3 is 9.73 Å². The zero-order valence-corrected chi connectivity index (χ0v) is 18.7. The van der Waals surface area contributed by atoms with Crippen molar-refractivity contribution in [2.24, 2.45) is 0 Å². The van der Waals surface area contributed by atoms with Gasteiger partial charge >= 0.3 is 0 Å². The Morgan fingerprint density at radius 3 is 2.42 bits per heavy atom. The first-order valence-electron chi connectivity index (χ1n) is 10.1. The molecule has 4 rings (SSSR count). The number of rotatable bonds is 8. The summed E-state index contributed by atoms with van der Waals surface area (Å²) in [5.74, 6) is 0.470. The average Bonchev–Trinajstić information content (AvgIpc) is 3.27. The van der Waals surface area contributed by atoms with E-state index in [-0.39, 0.29) is 28.9 Å². The molecule has 4 aromatic rings. The van der Waals surface area contributed by atoms with E-state index in [9.17, 15) is 13.7 Å². The summed E-state index contributed by atoms with van der Waals surface area (Å²) in [7, 11) is -2.13. The van der Waals surface area contributed by atoms with Crippen LogP contribution in [0.3, 0.4) is 0 Å². The number of anilines is 1. The quantitative estimate of drug-likeness (QED) is 0.423. The minimum Gasteiger partial charge on any atom is -0.419 e. The van der Waals surface area contributed by atoms with Crippen molar-refractivity contribution in [1.29, 1.82) is 5.26 Å². The SMILES string of the molecule is CN(Cc1ccccc1)S(=O)(=O)c1ccc(-c2nc(C#N)c(NCc3cccnc3)o2)cc1. The Hall–Kier alpha value is -4.00. The largest absolute Gasteiger partial charge is 0.419 e. The number of aromatic nitrogens is 2. The first kappa shape index (κ1) is 22.2. The molecule has 0 saturated heterocycles. The van der Waals surface area contributed by atoms with Crippen LogP contribution in [0.4, 0.5) is 5.88 Å². The molecule has 1 N–H and O–H groups in total. The number of hydrogen-bond acceptors (Lipinski definition) is 7. The summed E-state index contributed by atoms with van der Waals surface area (Å²) in [5.41, 5.74) is 2.50. The summed E-state index contributed by atoms with van der Waals surface area (Å²) in [6.07, 6.45) is 3.39. The summed E-state index contributed by atoms with van der Waals surface area (Å²) in [6, 6.07) is 21.4. The smallest absolute Gasteiger partial charge is 0.243 e.